The number of rotatable bonds is 5. The lowest BCUT2D eigenvalue weighted by Gasteiger charge is -2.58. The summed E-state index contributed by atoms with van der Waals surface area (Å²) in [6.07, 6.45) is 2.18. The molecule has 166 valence electrons. The Hall–Kier alpha value is -1.90. The summed E-state index contributed by atoms with van der Waals surface area (Å²) in [5, 5.41) is 17.2. The number of aliphatic hydroxyl groups is 1. The van der Waals surface area contributed by atoms with Gasteiger partial charge in [-0.05, 0) is 49.9 Å². The van der Waals surface area contributed by atoms with Gasteiger partial charge in [0, 0.05) is 17.7 Å². The van der Waals surface area contributed by atoms with Crippen molar-refractivity contribution in [2.45, 2.75) is 63.8 Å². The van der Waals surface area contributed by atoms with Crippen LogP contribution in [-0.2, 0) is 6.18 Å². The van der Waals surface area contributed by atoms with Crippen molar-refractivity contribution in [3.8, 4) is 0 Å². The Morgan fingerprint density at radius 3 is 2.47 bits per heavy atom. The van der Waals surface area contributed by atoms with E-state index in [2.05, 4.69) is 10.4 Å². The van der Waals surface area contributed by atoms with Crippen LogP contribution < -0.4 is 5.32 Å². The van der Waals surface area contributed by atoms with Crippen molar-refractivity contribution in [2.24, 2.45) is 23.2 Å². The van der Waals surface area contributed by atoms with Gasteiger partial charge in [-0.1, -0.05) is 19.9 Å². The minimum atomic E-state index is -4.80. The third-order valence-corrected chi connectivity index (χ3v) is 6.86. The summed E-state index contributed by atoms with van der Waals surface area (Å²) in [6.45, 7) is 2.36. The number of hydrogen-bond acceptors (Lipinski definition) is 3. The van der Waals surface area contributed by atoms with Crippen LogP contribution in [0.4, 0.5) is 17.6 Å². The summed E-state index contributed by atoms with van der Waals surface area (Å²) in [4.78, 5) is 12.8. The van der Waals surface area contributed by atoms with E-state index in [9.17, 15) is 27.5 Å². The van der Waals surface area contributed by atoms with Crippen LogP contribution >= 0.6 is 0 Å². The third-order valence-electron chi connectivity index (χ3n) is 6.86. The second-order valence-corrected chi connectivity index (χ2v) is 9.98. The Labute approximate surface area is 172 Å². The first kappa shape index (κ1) is 21.3. The summed E-state index contributed by atoms with van der Waals surface area (Å²) < 4.78 is 54.8. The summed E-state index contributed by atoms with van der Waals surface area (Å²) in [5.41, 5.74) is -3.35. The monoisotopic (exact) mass is 429 g/mol. The molecule has 9 heteroatoms. The van der Waals surface area contributed by atoms with Crippen LogP contribution in [0.25, 0.3) is 6.20 Å². The number of halogens is 4. The Morgan fingerprint density at radius 1 is 1.30 bits per heavy atom. The molecule has 4 saturated carbocycles. The first-order valence-corrected chi connectivity index (χ1v) is 10.3. The van der Waals surface area contributed by atoms with E-state index in [-0.39, 0.29) is 17.9 Å². The molecule has 2 unspecified atom stereocenters. The predicted molar refractivity (Wildman–Crippen MR) is 102 cm³/mol. The Morgan fingerprint density at radius 2 is 1.93 bits per heavy atom. The highest BCUT2D eigenvalue weighted by Gasteiger charge is 2.55. The van der Waals surface area contributed by atoms with Crippen molar-refractivity contribution >= 4 is 12.1 Å². The summed E-state index contributed by atoms with van der Waals surface area (Å²) in [5.74, 6) is -0.214. The van der Waals surface area contributed by atoms with Crippen LogP contribution in [0.1, 0.15) is 62.0 Å². The zero-order valence-electron chi connectivity index (χ0n) is 17.0. The Bertz CT molecular complexity index is 845. The molecule has 4 aliphatic carbocycles. The molecule has 1 aromatic rings. The first-order chi connectivity index (χ1) is 13.9. The van der Waals surface area contributed by atoms with Crippen LogP contribution in [0.5, 0.6) is 0 Å². The van der Waals surface area contributed by atoms with Crippen molar-refractivity contribution < 1.29 is 27.5 Å². The number of alkyl halides is 4. The van der Waals surface area contributed by atoms with Crippen molar-refractivity contribution in [2.75, 3.05) is 6.67 Å². The maximum Gasteiger partial charge on any atom is 0.434 e. The van der Waals surface area contributed by atoms with Gasteiger partial charge in [0.25, 0.3) is 5.91 Å². The number of hydrogen-bond donors (Lipinski definition) is 2. The van der Waals surface area contributed by atoms with Gasteiger partial charge in [0.15, 0.2) is 5.69 Å². The second kappa shape index (κ2) is 7.07. The van der Waals surface area contributed by atoms with E-state index >= 15 is 0 Å². The number of carbonyl (C=O) groups excluding carboxylic acids is 1. The standard InChI is InChI=1S/C21H27F4N3O2/c1-19(2,11-22)3-4-28-17(21(23,24)25)15(10-26-28)18(29)27-16-13-5-12-6-14(16)9-20(30,7-12)8-13/h3-4,10,12-14,16,30H,5-9,11H2,1-2H3,(H,27,29)/b4-3+. The predicted octanol–water partition coefficient (Wildman–Crippen LogP) is 4.04. The molecule has 30 heavy (non-hydrogen) atoms. The van der Waals surface area contributed by atoms with Gasteiger partial charge in [-0.25, -0.2) is 4.68 Å². The van der Waals surface area contributed by atoms with Crippen molar-refractivity contribution in [1.29, 1.82) is 0 Å². The van der Waals surface area contributed by atoms with Crippen LogP contribution in [0.15, 0.2) is 12.3 Å². The Balaban J connectivity index is 1.57. The van der Waals surface area contributed by atoms with E-state index in [0.717, 1.165) is 31.7 Å². The van der Waals surface area contributed by atoms with Crippen molar-refractivity contribution in [1.82, 2.24) is 15.1 Å². The minimum absolute atomic E-state index is 0.0832. The van der Waals surface area contributed by atoms with E-state index < -0.39 is 41.0 Å². The molecule has 1 amide bonds. The van der Waals surface area contributed by atoms with Crippen molar-refractivity contribution in [3.63, 3.8) is 0 Å². The lowest BCUT2D eigenvalue weighted by Crippen LogP contribution is -2.61. The molecule has 5 rings (SSSR count). The molecule has 0 saturated heterocycles. The average Bonchev–Trinajstić information content (AvgIpc) is 3.06. The molecule has 0 aliphatic heterocycles. The van der Waals surface area contributed by atoms with E-state index in [1.807, 2.05) is 0 Å². The van der Waals surface area contributed by atoms with Gasteiger partial charge in [-0.3, -0.25) is 9.18 Å². The largest absolute Gasteiger partial charge is 0.434 e. The molecule has 2 N–H and O–H groups in total. The number of nitrogens with zero attached hydrogens (tertiary/aromatic N) is 2. The minimum Gasteiger partial charge on any atom is -0.390 e. The van der Waals surface area contributed by atoms with Crippen LogP contribution in [-0.4, -0.2) is 39.1 Å². The number of amides is 1. The molecule has 1 heterocycles. The van der Waals surface area contributed by atoms with Crippen LogP contribution in [0, 0.1) is 23.2 Å². The number of aromatic nitrogens is 2. The second-order valence-electron chi connectivity index (χ2n) is 9.98. The average molecular weight is 429 g/mol. The fraction of sp³-hybridized carbons (Fsp3) is 0.714. The van der Waals surface area contributed by atoms with Gasteiger partial charge in [0.1, 0.15) is 0 Å². The topological polar surface area (TPSA) is 67.2 Å². The van der Waals surface area contributed by atoms with Gasteiger partial charge < -0.3 is 10.4 Å². The molecule has 0 spiro atoms. The van der Waals surface area contributed by atoms with Gasteiger partial charge >= 0.3 is 6.18 Å². The zero-order valence-corrected chi connectivity index (χ0v) is 17.0. The first-order valence-electron chi connectivity index (χ1n) is 10.3. The number of carbonyl (C=O) groups is 1. The quantitative estimate of drug-likeness (QED) is 0.695. The zero-order chi connectivity index (χ0) is 21.9. The lowest BCUT2D eigenvalue weighted by molar-refractivity contribution is -0.143. The molecule has 0 radical (unpaired) electrons. The number of nitrogens with one attached hydrogen (secondary N) is 1. The van der Waals surface area contributed by atoms with Crippen LogP contribution in [0.2, 0.25) is 0 Å². The van der Waals surface area contributed by atoms with E-state index in [1.54, 1.807) is 13.8 Å². The van der Waals surface area contributed by atoms with E-state index in [4.69, 9.17) is 0 Å². The lowest BCUT2D eigenvalue weighted by atomic mass is 9.52. The molecule has 0 aromatic carbocycles. The summed E-state index contributed by atoms with van der Waals surface area (Å²) in [7, 11) is 0. The maximum absolute atomic E-state index is 13.7. The highest BCUT2D eigenvalue weighted by atomic mass is 19.4. The van der Waals surface area contributed by atoms with Crippen LogP contribution in [0.3, 0.4) is 0 Å². The SMILES string of the molecule is CC(C)(/C=C/n1ncc(C(=O)NC2C3CC4CC2CC(O)(C4)C3)c1C(F)(F)F)CF. The normalized spacial score (nSPS) is 33.4. The molecular weight excluding hydrogens is 402 g/mol. The molecule has 5 nitrogen and oxygen atoms in total. The number of allylic oxidation sites excluding steroid dienone is 1. The smallest absolute Gasteiger partial charge is 0.390 e. The molecule has 1 aromatic heterocycles. The fourth-order valence-corrected chi connectivity index (χ4v) is 5.69. The highest BCUT2D eigenvalue weighted by molar-refractivity contribution is 5.95. The Kier molecular flexibility index (Phi) is 5.03. The summed E-state index contributed by atoms with van der Waals surface area (Å²) in [6, 6.07) is -0.236. The van der Waals surface area contributed by atoms with Gasteiger partial charge in [0.05, 0.1) is 24.0 Å². The summed E-state index contributed by atoms with van der Waals surface area (Å²) >= 11 is 0. The maximum atomic E-state index is 13.7. The highest BCUT2D eigenvalue weighted by Crippen LogP contribution is 2.55. The molecular formula is C21H27F4N3O2. The van der Waals surface area contributed by atoms with E-state index in [1.165, 1.54) is 6.08 Å². The van der Waals surface area contributed by atoms with Crippen molar-refractivity contribution in [3.05, 3.63) is 23.5 Å². The molecule has 4 aliphatic rings. The third kappa shape index (κ3) is 3.88. The van der Waals surface area contributed by atoms with Gasteiger partial charge in [-0.2, -0.15) is 18.3 Å². The molecule has 4 bridgehead atoms. The molecule has 2 atom stereocenters. The van der Waals surface area contributed by atoms with Gasteiger partial charge in [-0.15, -0.1) is 0 Å². The molecule has 4 fully saturated rings. The fourth-order valence-electron chi connectivity index (χ4n) is 5.69. The van der Waals surface area contributed by atoms with E-state index in [0.29, 0.717) is 23.4 Å². The van der Waals surface area contributed by atoms with Gasteiger partial charge in [0.2, 0.25) is 0 Å².